The van der Waals surface area contributed by atoms with E-state index in [9.17, 15) is 13.9 Å². The van der Waals surface area contributed by atoms with Crippen molar-refractivity contribution >= 4 is 0 Å². The fourth-order valence-corrected chi connectivity index (χ4v) is 2.55. The SMILES string of the molecule is CCC(NC(CO)Cc1ccc(F)cc1)c1ccccc1F. The van der Waals surface area contributed by atoms with Gasteiger partial charge in [0.25, 0.3) is 0 Å². The minimum atomic E-state index is -0.282. The van der Waals surface area contributed by atoms with E-state index in [1.165, 1.54) is 18.2 Å². The molecule has 118 valence electrons. The van der Waals surface area contributed by atoms with Crippen LogP contribution in [0.3, 0.4) is 0 Å². The van der Waals surface area contributed by atoms with Crippen LogP contribution in [0, 0.1) is 11.6 Å². The summed E-state index contributed by atoms with van der Waals surface area (Å²) in [6.07, 6.45) is 1.27. The van der Waals surface area contributed by atoms with Crippen LogP contribution in [0.15, 0.2) is 48.5 Å². The summed E-state index contributed by atoms with van der Waals surface area (Å²) in [5.74, 6) is -0.532. The maximum absolute atomic E-state index is 13.9. The molecule has 4 heteroatoms. The second kappa shape index (κ2) is 8.01. The molecule has 0 fully saturated rings. The van der Waals surface area contributed by atoms with Gasteiger partial charge in [-0.05, 0) is 36.6 Å². The Morgan fingerprint density at radius 3 is 2.32 bits per heavy atom. The Hall–Kier alpha value is -1.78. The molecule has 0 saturated carbocycles. The molecule has 0 bridgehead atoms. The maximum Gasteiger partial charge on any atom is 0.127 e. The van der Waals surface area contributed by atoms with Gasteiger partial charge in [-0.2, -0.15) is 0 Å². The molecule has 0 radical (unpaired) electrons. The second-order valence-corrected chi connectivity index (χ2v) is 5.36. The number of benzene rings is 2. The maximum atomic E-state index is 13.9. The first-order chi connectivity index (χ1) is 10.6. The van der Waals surface area contributed by atoms with Gasteiger partial charge >= 0.3 is 0 Å². The Bertz CT molecular complexity index is 586. The first-order valence-electron chi connectivity index (χ1n) is 7.49. The third kappa shape index (κ3) is 4.36. The lowest BCUT2D eigenvalue weighted by Gasteiger charge is -2.24. The number of hydrogen-bond acceptors (Lipinski definition) is 2. The summed E-state index contributed by atoms with van der Waals surface area (Å²) in [6.45, 7) is 1.90. The number of halogens is 2. The third-order valence-corrected chi connectivity index (χ3v) is 3.74. The summed E-state index contributed by atoms with van der Waals surface area (Å²) < 4.78 is 26.8. The third-order valence-electron chi connectivity index (χ3n) is 3.74. The zero-order valence-electron chi connectivity index (χ0n) is 12.6. The number of rotatable bonds is 7. The molecule has 2 aromatic carbocycles. The smallest absolute Gasteiger partial charge is 0.127 e. The van der Waals surface area contributed by atoms with Gasteiger partial charge in [-0.1, -0.05) is 37.3 Å². The summed E-state index contributed by atoms with van der Waals surface area (Å²) in [4.78, 5) is 0. The predicted octanol–water partition coefficient (Wildman–Crippen LogP) is 3.61. The van der Waals surface area contributed by atoms with Gasteiger partial charge in [0.2, 0.25) is 0 Å². The first kappa shape index (κ1) is 16.6. The van der Waals surface area contributed by atoms with Gasteiger partial charge < -0.3 is 10.4 Å². The van der Waals surface area contributed by atoms with Crippen molar-refractivity contribution in [1.29, 1.82) is 0 Å². The van der Waals surface area contributed by atoms with Gasteiger partial charge in [0.05, 0.1) is 6.61 Å². The molecule has 0 aliphatic carbocycles. The fraction of sp³-hybridized carbons (Fsp3) is 0.333. The summed E-state index contributed by atoms with van der Waals surface area (Å²) in [5.41, 5.74) is 1.53. The van der Waals surface area contributed by atoms with E-state index in [2.05, 4.69) is 5.32 Å². The first-order valence-corrected chi connectivity index (χ1v) is 7.49. The topological polar surface area (TPSA) is 32.3 Å². The van der Waals surface area contributed by atoms with Crippen molar-refractivity contribution in [2.24, 2.45) is 0 Å². The van der Waals surface area contributed by atoms with E-state index in [-0.39, 0.29) is 30.3 Å². The molecular formula is C18H21F2NO. The highest BCUT2D eigenvalue weighted by Gasteiger charge is 2.18. The van der Waals surface area contributed by atoms with E-state index in [1.807, 2.05) is 6.92 Å². The molecule has 2 N–H and O–H groups in total. The minimum Gasteiger partial charge on any atom is -0.395 e. The van der Waals surface area contributed by atoms with Crippen molar-refractivity contribution in [3.05, 3.63) is 71.3 Å². The summed E-state index contributed by atoms with van der Waals surface area (Å²) in [6, 6.07) is 12.5. The van der Waals surface area contributed by atoms with Gasteiger partial charge in [0, 0.05) is 17.6 Å². The highest BCUT2D eigenvalue weighted by Crippen LogP contribution is 2.21. The molecule has 0 spiro atoms. The quantitative estimate of drug-likeness (QED) is 0.819. The molecule has 0 saturated heterocycles. The zero-order valence-corrected chi connectivity index (χ0v) is 12.6. The van der Waals surface area contributed by atoms with Crippen LogP contribution in [0.4, 0.5) is 8.78 Å². The normalized spacial score (nSPS) is 13.8. The van der Waals surface area contributed by atoms with Crippen LogP contribution in [0.25, 0.3) is 0 Å². The van der Waals surface area contributed by atoms with Gasteiger partial charge in [0.15, 0.2) is 0 Å². The van der Waals surface area contributed by atoms with E-state index in [4.69, 9.17) is 0 Å². The number of aliphatic hydroxyl groups is 1. The van der Waals surface area contributed by atoms with E-state index in [1.54, 1.807) is 30.3 Å². The van der Waals surface area contributed by atoms with Gasteiger partial charge in [-0.25, -0.2) is 8.78 Å². The molecule has 0 aliphatic rings. The van der Waals surface area contributed by atoms with Gasteiger partial charge in [-0.3, -0.25) is 0 Å². The van der Waals surface area contributed by atoms with Crippen LogP contribution >= 0.6 is 0 Å². The molecule has 2 nitrogen and oxygen atoms in total. The lowest BCUT2D eigenvalue weighted by molar-refractivity contribution is 0.228. The van der Waals surface area contributed by atoms with Gasteiger partial charge in [-0.15, -0.1) is 0 Å². The van der Waals surface area contributed by atoms with Crippen LogP contribution < -0.4 is 5.32 Å². The largest absolute Gasteiger partial charge is 0.395 e. The van der Waals surface area contributed by atoms with Crippen LogP contribution in [0.5, 0.6) is 0 Å². The van der Waals surface area contributed by atoms with E-state index in [0.29, 0.717) is 18.4 Å². The fourth-order valence-electron chi connectivity index (χ4n) is 2.55. The van der Waals surface area contributed by atoms with E-state index in [0.717, 1.165) is 5.56 Å². The second-order valence-electron chi connectivity index (χ2n) is 5.36. The lowest BCUT2D eigenvalue weighted by atomic mass is 10.0. The molecular weight excluding hydrogens is 284 g/mol. The molecule has 0 aromatic heterocycles. The van der Waals surface area contributed by atoms with Crippen molar-refractivity contribution in [3.8, 4) is 0 Å². The summed E-state index contributed by atoms with van der Waals surface area (Å²) >= 11 is 0. The van der Waals surface area contributed by atoms with E-state index >= 15 is 0 Å². The molecule has 0 amide bonds. The molecule has 0 aliphatic heterocycles. The highest BCUT2D eigenvalue weighted by molar-refractivity contribution is 5.22. The Morgan fingerprint density at radius 1 is 1.05 bits per heavy atom. The van der Waals surface area contributed by atoms with Crippen molar-refractivity contribution in [2.45, 2.75) is 31.8 Å². The van der Waals surface area contributed by atoms with Crippen LogP contribution in [-0.2, 0) is 6.42 Å². The Kier molecular flexibility index (Phi) is 6.04. The minimum absolute atomic E-state index is 0.0671. The van der Waals surface area contributed by atoms with Gasteiger partial charge in [0.1, 0.15) is 11.6 Å². The van der Waals surface area contributed by atoms with Crippen molar-refractivity contribution in [2.75, 3.05) is 6.61 Å². The summed E-state index contributed by atoms with van der Waals surface area (Å²) in [5, 5.41) is 12.9. The lowest BCUT2D eigenvalue weighted by Crippen LogP contribution is -2.37. The molecule has 2 unspecified atom stereocenters. The predicted molar refractivity (Wildman–Crippen MR) is 83.5 cm³/mol. The average molecular weight is 305 g/mol. The molecule has 2 aromatic rings. The monoisotopic (exact) mass is 305 g/mol. The molecule has 22 heavy (non-hydrogen) atoms. The number of hydrogen-bond donors (Lipinski definition) is 2. The number of nitrogens with one attached hydrogen (secondary N) is 1. The number of aliphatic hydroxyl groups excluding tert-OH is 1. The Balaban J connectivity index is 2.07. The summed E-state index contributed by atoms with van der Waals surface area (Å²) in [7, 11) is 0. The average Bonchev–Trinajstić information content (AvgIpc) is 2.54. The van der Waals surface area contributed by atoms with Crippen molar-refractivity contribution in [1.82, 2.24) is 5.32 Å². The Labute approximate surface area is 129 Å². The molecule has 2 atom stereocenters. The van der Waals surface area contributed by atoms with Crippen LogP contribution in [0.2, 0.25) is 0 Å². The van der Waals surface area contributed by atoms with Crippen LogP contribution in [-0.4, -0.2) is 17.8 Å². The zero-order chi connectivity index (χ0) is 15.9. The molecule has 0 heterocycles. The molecule has 2 rings (SSSR count). The van der Waals surface area contributed by atoms with Crippen molar-refractivity contribution in [3.63, 3.8) is 0 Å². The van der Waals surface area contributed by atoms with Crippen LogP contribution in [0.1, 0.15) is 30.5 Å². The Morgan fingerprint density at radius 2 is 1.73 bits per heavy atom. The van der Waals surface area contributed by atoms with Crippen molar-refractivity contribution < 1.29 is 13.9 Å². The highest BCUT2D eigenvalue weighted by atomic mass is 19.1. The van der Waals surface area contributed by atoms with E-state index < -0.39 is 0 Å². The standard InChI is InChI=1S/C18H21F2NO/c1-2-18(16-5-3-4-6-17(16)20)21-15(12-22)11-13-7-9-14(19)10-8-13/h3-10,15,18,21-22H,2,11-12H2,1H3.